The zero-order valence-electron chi connectivity index (χ0n) is 15.8. The second kappa shape index (κ2) is 9.31. The standard InChI is InChI=1S/C19H24N2O5S2/c1-3-5-15-8-12-18(13-9-15)28(25,26)21-19(22)17-10-6-16(7-11-17)14-20-27(23,24)4-2/h6-13,20H,3-5,14H2,1-2H3,(H,21,22). The number of aryl methyl sites for hydroxylation is 1. The molecule has 0 heterocycles. The molecule has 0 unspecified atom stereocenters. The first kappa shape index (κ1) is 22.1. The summed E-state index contributed by atoms with van der Waals surface area (Å²) in [5, 5.41) is 0. The van der Waals surface area contributed by atoms with E-state index in [1.807, 2.05) is 11.6 Å². The van der Waals surface area contributed by atoms with Crippen LogP contribution in [0.5, 0.6) is 0 Å². The van der Waals surface area contributed by atoms with Crippen LogP contribution in [0, 0.1) is 0 Å². The van der Waals surface area contributed by atoms with Gasteiger partial charge in [0.15, 0.2) is 0 Å². The Labute approximate surface area is 166 Å². The van der Waals surface area contributed by atoms with E-state index < -0.39 is 26.0 Å². The van der Waals surface area contributed by atoms with Crippen molar-refractivity contribution in [1.29, 1.82) is 0 Å². The lowest BCUT2D eigenvalue weighted by atomic mass is 10.1. The highest BCUT2D eigenvalue weighted by Gasteiger charge is 2.18. The smallest absolute Gasteiger partial charge is 0.264 e. The van der Waals surface area contributed by atoms with Crippen molar-refractivity contribution in [2.24, 2.45) is 0 Å². The molecule has 0 saturated heterocycles. The number of carbonyl (C=O) groups excluding carboxylic acids is 1. The van der Waals surface area contributed by atoms with Gasteiger partial charge in [-0.15, -0.1) is 0 Å². The lowest BCUT2D eigenvalue weighted by Gasteiger charge is -2.09. The molecule has 0 saturated carbocycles. The molecule has 0 aliphatic rings. The number of hydrogen-bond donors (Lipinski definition) is 2. The van der Waals surface area contributed by atoms with E-state index in [1.54, 1.807) is 24.3 Å². The van der Waals surface area contributed by atoms with E-state index in [0.29, 0.717) is 5.56 Å². The van der Waals surface area contributed by atoms with Crippen LogP contribution in [0.2, 0.25) is 0 Å². The van der Waals surface area contributed by atoms with Gasteiger partial charge in [-0.1, -0.05) is 37.6 Å². The van der Waals surface area contributed by atoms with Gasteiger partial charge in [0.05, 0.1) is 10.6 Å². The Bertz CT molecular complexity index is 1010. The summed E-state index contributed by atoms with van der Waals surface area (Å²) >= 11 is 0. The predicted molar refractivity (Wildman–Crippen MR) is 108 cm³/mol. The van der Waals surface area contributed by atoms with Gasteiger partial charge in [-0.25, -0.2) is 26.3 Å². The molecule has 1 amide bonds. The molecule has 0 aliphatic heterocycles. The van der Waals surface area contributed by atoms with Crippen LogP contribution < -0.4 is 9.44 Å². The average molecular weight is 425 g/mol. The average Bonchev–Trinajstić information content (AvgIpc) is 2.67. The van der Waals surface area contributed by atoms with Gasteiger partial charge in [0.2, 0.25) is 10.0 Å². The van der Waals surface area contributed by atoms with Crippen molar-refractivity contribution in [3.63, 3.8) is 0 Å². The van der Waals surface area contributed by atoms with Crippen LogP contribution in [-0.4, -0.2) is 28.5 Å². The summed E-state index contributed by atoms with van der Waals surface area (Å²) in [6.07, 6.45) is 1.81. The molecule has 152 valence electrons. The molecule has 28 heavy (non-hydrogen) atoms. The molecule has 2 aromatic rings. The summed E-state index contributed by atoms with van der Waals surface area (Å²) in [4.78, 5) is 12.3. The first-order valence-corrected chi connectivity index (χ1v) is 12.0. The maximum atomic E-state index is 12.4. The molecular formula is C19H24N2O5S2. The maximum Gasteiger partial charge on any atom is 0.264 e. The van der Waals surface area contributed by atoms with Gasteiger partial charge in [0.1, 0.15) is 0 Å². The SMILES string of the molecule is CCCc1ccc(S(=O)(=O)NC(=O)c2ccc(CNS(=O)(=O)CC)cc2)cc1. The largest absolute Gasteiger partial charge is 0.268 e. The molecular weight excluding hydrogens is 400 g/mol. The molecule has 0 radical (unpaired) electrons. The molecule has 2 N–H and O–H groups in total. The molecule has 0 aliphatic carbocycles. The molecule has 0 spiro atoms. The summed E-state index contributed by atoms with van der Waals surface area (Å²) in [5.74, 6) is -0.775. The van der Waals surface area contributed by atoms with Gasteiger partial charge in [-0.3, -0.25) is 4.79 Å². The fourth-order valence-electron chi connectivity index (χ4n) is 2.43. The molecule has 2 aromatic carbocycles. The normalized spacial score (nSPS) is 11.9. The first-order valence-electron chi connectivity index (χ1n) is 8.89. The molecule has 0 aromatic heterocycles. The van der Waals surface area contributed by atoms with Crippen LogP contribution in [0.1, 0.15) is 41.8 Å². The van der Waals surface area contributed by atoms with Crippen molar-refractivity contribution in [3.05, 3.63) is 65.2 Å². The van der Waals surface area contributed by atoms with Gasteiger partial charge >= 0.3 is 0 Å². The van der Waals surface area contributed by atoms with E-state index >= 15 is 0 Å². The Morgan fingerprint density at radius 3 is 1.96 bits per heavy atom. The van der Waals surface area contributed by atoms with E-state index in [4.69, 9.17) is 0 Å². The Morgan fingerprint density at radius 1 is 0.857 bits per heavy atom. The van der Waals surface area contributed by atoms with Crippen LogP contribution in [0.4, 0.5) is 0 Å². The maximum absolute atomic E-state index is 12.4. The number of benzene rings is 2. The topological polar surface area (TPSA) is 109 Å². The van der Waals surface area contributed by atoms with Gasteiger partial charge in [0, 0.05) is 12.1 Å². The van der Waals surface area contributed by atoms with Crippen molar-refractivity contribution in [3.8, 4) is 0 Å². The van der Waals surface area contributed by atoms with Crippen molar-refractivity contribution in [1.82, 2.24) is 9.44 Å². The van der Waals surface area contributed by atoms with Crippen molar-refractivity contribution in [2.45, 2.75) is 38.1 Å². The third-order valence-corrected chi connectivity index (χ3v) is 6.78. The highest BCUT2D eigenvalue weighted by molar-refractivity contribution is 7.90. The summed E-state index contributed by atoms with van der Waals surface area (Å²) in [6, 6.07) is 12.4. The number of sulfonamides is 2. The van der Waals surface area contributed by atoms with Crippen LogP contribution >= 0.6 is 0 Å². The van der Waals surface area contributed by atoms with Gasteiger partial charge in [0.25, 0.3) is 15.9 Å². The van der Waals surface area contributed by atoms with Gasteiger partial charge < -0.3 is 0 Å². The van der Waals surface area contributed by atoms with Crippen LogP contribution in [0.25, 0.3) is 0 Å². The summed E-state index contributed by atoms with van der Waals surface area (Å²) in [7, 11) is -7.29. The second-order valence-electron chi connectivity index (χ2n) is 6.25. The summed E-state index contributed by atoms with van der Waals surface area (Å²) in [6.45, 7) is 3.67. The highest BCUT2D eigenvalue weighted by atomic mass is 32.2. The Morgan fingerprint density at radius 2 is 1.43 bits per heavy atom. The minimum atomic E-state index is -3.97. The number of carbonyl (C=O) groups is 1. The summed E-state index contributed by atoms with van der Waals surface area (Å²) < 4.78 is 52.2. The van der Waals surface area contributed by atoms with Crippen molar-refractivity contribution in [2.75, 3.05) is 5.75 Å². The zero-order valence-corrected chi connectivity index (χ0v) is 17.4. The highest BCUT2D eigenvalue weighted by Crippen LogP contribution is 2.13. The van der Waals surface area contributed by atoms with Gasteiger partial charge in [-0.2, -0.15) is 0 Å². The Balaban J connectivity index is 2.05. The van der Waals surface area contributed by atoms with Crippen LogP contribution in [0.3, 0.4) is 0 Å². The fourth-order valence-corrected chi connectivity index (χ4v) is 4.00. The monoisotopic (exact) mass is 424 g/mol. The van der Waals surface area contributed by atoms with E-state index in [2.05, 4.69) is 4.72 Å². The Kier molecular flexibility index (Phi) is 7.34. The first-order chi connectivity index (χ1) is 13.2. The number of hydrogen-bond acceptors (Lipinski definition) is 5. The molecule has 2 rings (SSSR count). The quantitative estimate of drug-likeness (QED) is 0.641. The van der Waals surface area contributed by atoms with E-state index in [-0.39, 0.29) is 22.8 Å². The molecule has 7 nitrogen and oxygen atoms in total. The molecule has 0 atom stereocenters. The lowest BCUT2D eigenvalue weighted by Crippen LogP contribution is -2.30. The van der Waals surface area contributed by atoms with Crippen LogP contribution in [0.15, 0.2) is 53.4 Å². The minimum absolute atomic E-state index is 0.0197. The number of rotatable bonds is 9. The molecule has 0 fully saturated rings. The number of amides is 1. The van der Waals surface area contributed by atoms with Gasteiger partial charge in [-0.05, 0) is 48.7 Å². The third-order valence-electron chi connectivity index (χ3n) is 4.09. The third kappa shape index (κ3) is 6.15. The zero-order chi connectivity index (χ0) is 20.8. The van der Waals surface area contributed by atoms with Crippen molar-refractivity contribution >= 4 is 26.0 Å². The van der Waals surface area contributed by atoms with Crippen molar-refractivity contribution < 1.29 is 21.6 Å². The van der Waals surface area contributed by atoms with Crippen LogP contribution in [-0.2, 0) is 33.0 Å². The fraction of sp³-hybridized carbons (Fsp3) is 0.316. The van der Waals surface area contributed by atoms with E-state index in [0.717, 1.165) is 18.4 Å². The van der Waals surface area contributed by atoms with E-state index in [9.17, 15) is 21.6 Å². The minimum Gasteiger partial charge on any atom is -0.268 e. The second-order valence-corrected chi connectivity index (χ2v) is 10.0. The summed E-state index contributed by atoms with van der Waals surface area (Å²) in [5.41, 5.74) is 1.85. The van der Waals surface area contributed by atoms with E-state index in [1.165, 1.54) is 31.2 Å². The molecule has 9 heteroatoms. The molecule has 0 bridgehead atoms. The number of nitrogens with one attached hydrogen (secondary N) is 2. The Hall–Kier alpha value is -2.23. The lowest BCUT2D eigenvalue weighted by molar-refractivity contribution is 0.0981. The predicted octanol–water partition coefficient (Wildman–Crippen LogP) is 2.20.